The summed E-state index contributed by atoms with van der Waals surface area (Å²) in [5.74, 6) is 2.67. The minimum Gasteiger partial charge on any atom is -0.496 e. The van der Waals surface area contributed by atoms with E-state index in [1.54, 1.807) is 19.2 Å². The van der Waals surface area contributed by atoms with E-state index in [4.69, 9.17) is 32.4 Å². The molecule has 10 heteroatoms. The monoisotopic (exact) mass is 461 g/mol. The number of hydrogen-bond donors (Lipinski definition) is 0. The lowest BCUT2D eigenvalue weighted by Crippen LogP contribution is -2.01. The fourth-order valence-electron chi connectivity index (χ4n) is 2.92. The number of halogens is 2. The molecule has 2 aromatic heterocycles. The van der Waals surface area contributed by atoms with Gasteiger partial charge in [0.15, 0.2) is 11.0 Å². The Kier molecular flexibility index (Phi) is 6.26. The fraction of sp³-hybridized carbons (Fsp3) is 0.200. The fourth-order valence-corrected chi connectivity index (χ4v) is 4.14. The number of nitrogens with zero attached hydrogens (tertiary/aromatic N) is 5. The van der Waals surface area contributed by atoms with Gasteiger partial charge in [-0.05, 0) is 37.3 Å². The van der Waals surface area contributed by atoms with E-state index in [1.165, 1.54) is 11.8 Å². The standard InChI is InChI=1S/C20H17Cl2N5O2S/c1-3-27-18(14-10-12(21)8-9-16(14)28-2)24-26-20(27)30-11-17-23-25-19(29-17)13-6-4-5-7-15(13)22/h4-10H,3,11H2,1-2H3. The van der Waals surface area contributed by atoms with Crippen molar-refractivity contribution in [2.45, 2.75) is 24.4 Å². The van der Waals surface area contributed by atoms with Crippen LogP contribution in [0.2, 0.25) is 10.0 Å². The molecular formula is C20H17Cl2N5O2S. The second-order valence-corrected chi connectivity index (χ2v) is 7.95. The molecule has 30 heavy (non-hydrogen) atoms. The van der Waals surface area contributed by atoms with Gasteiger partial charge in [0, 0.05) is 11.6 Å². The first kappa shape index (κ1) is 20.7. The van der Waals surface area contributed by atoms with Crippen LogP contribution in [0.15, 0.2) is 52.0 Å². The van der Waals surface area contributed by atoms with Crippen molar-refractivity contribution in [2.24, 2.45) is 0 Å². The highest BCUT2D eigenvalue weighted by atomic mass is 35.5. The second kappa shape index (κ2) is 9.07. The molecule has 0 fully saturated rings. The molecule has 0 aliphatic heterocycles. The number of rotatable bonds is 7. The zero-order valence-electron chi connectivity index (χ0n) is 16.2. The number of ether oxygens (including phenoxy) is 1. The lowest BCUT2D eigenvalue weighted by Gasteiger charge is -2.10. The molecule has 0 saturated carbocycles. The van der Waals surface area contributed by atoms with Crippen LogP contribution in [0.4, 0.5) is 0 Å². The first-order valence-electron chi connectivity index (χ1n) is 9.08. The van der Waals surface area contributed by atoms with Crippen molar-refractivity contribution in [3.8, 4) is 28.6 Å². The Morgan fingerprint density at radius 1 is 1.03 bits per heavy atom. The van der Waals surface area contributed by atoms with E-state index < -0.39 is 0 Å². The van der Waals surface area contributed by atoms with Crippen molar-refractivity contribution in [2.75, 3.05) is 7.11 Å². The zero-order valence-corrected chi connectivity index (χ0v) is 18.5. The predicted octanol–water partition coefficient (Wildman–Crippen LogP) is 5.62. The minimum absolute atomic E-state index is 0.387. The minimum atomic E-state index is 0.387. The first-order chi connectivity index (χ1) is 14.6. The molecule has 4 aromatic rings. The van der Waals surface area contributed by atoms with Crippen molar-refractivity contribution in [3.63, 3.8) is 0 Å². The van der Waals surface area contributed by atoms with Gasteiger partial charge in [0.2, 0.25) is 11.8 Å². The van der Waals surface area contributed by atoms with Gasteiger partial charge >= 0.3 is 0 Å². The van der Waals surface area contributed by atoms with Gasteiger partial charge in [-0.25, -0.2) is 0 Å². The zero-order chi connectivity index (χ0) is 21.1. The summed E-state index contributed by atoms with van der Waals surface area (Å²) >= 11 is 13.8. The second-order valence-electron chi connectivity index (χ2n) is 6.16. The predicted molar refractivity (Wildman–Crippen MR) is 117 cm³/mol. The Morgan fingerprint density at radius 3 is 2.63 bits per heavy atom. The maximum absolute atomic E-state index is 6.20. The topological polar surface area (TPSA) is 78.9 Å². The average Bonchev–Trinajstić information content (AvgIpc) is 3.39. The van der Waals surface area contributed by atoms with E-state index in [0.29, 0.717) is 51.3 Å². The van der Waals surface area contributed by atoms with Crippen molar-refractivity contribution in [3.05, 3.63) is 58.4 Å². The van der Waals surface area contributed by atoms with Gasteiger partial charge in [-0.2, -0.15) is 0 Å². The summed E-state index contributed by atoms with van der Waals surface area (Å²) < 4.78 is 13.2. The number of benzene rings is 2. The number of thioether (sulfide) groups is 1. The summed E-state index contributed by atoms with van der Waals surface area (Å²) in [6.07, 6.45) is 0. The molecule has 0 aliphatic rings. The van der Waals surface area contributed by atoms with E-state index in [9.17, 15) is 0 Å². The van der Waals surface area contributed by atoms with Crippen LogP contribution in [0.5, 0.6) is 5.75 Å². The molecule has 0 bridgehead atoms. The molecule has 7 nitrogen and oxygen atoms in total. The van der Waals surface area contributed by atoms with Crippen molar-refractivity contribution >= 4 is 35.0 Å². The summed E-state index contributed by atoms with van der Waals surface area (Å²) in [4.78, 5) is 0. The van der Waals surface area contributed by atoms with Gasteiger partial charge in [-0.3, -0.25) is 0 Å². The lowest BCUT2D eigenvalue weighted by molar-refractivity contribution is 0.416. The molecule has 0 N–H and O–H groups in total. The van der Waals surface area contributed by atoms with Crippen molar-refractivity contribution < 1.29 is 9.15 Å². The lowest BCUT2D eigenvalue weighted by atomic mass is 10.2. The summed E-state index contributed by atoms with van der Waals surface area (Å²) in [6.45, 7) is 2.70. The molecule has 0 radical (unpaired) electrons. The van der Waals surface area contributed by atoms with Gasteiger partial charge in [0.1, 0.15) is 5.75 Å². The van der Waals surface area contributed by atoms with E-state index in [0.717, 1.165) is 10.7 Å². The van der Waals surface area contributed by atoms with Gasteiger partial charge in [0.25, 0.3) is 0 Å². The van der Waals surface area contributed by atoms with Gasteiger partial charge in [-0.1, -0.05) is 47.1 Å². The van der Waals surface area contributed by atoms with E-state index in [-0.39, 0.29) is 0 Å². The van der Waals surface area contributed by atoms with Crippen molar-refractivity contribution in [1.82, 2.24) is 25.0 Å². The Hall–Kier alpha value is -2.55. The largest absolute Gasteiger partial charge is 0.496 e. The molecule has 2 aromatic carbocycles. The molecule has 2 heterocycles. The molecule has 4 rings (SSSR count). The molecule has 154 valence electrons. The van der Waals surface area contributed by atoms with Crippen LogP contribution in [0.25, 0.3) is 22.8 Å². The Morgan fingerprint density at radius 2 is 1.87 bits per heavy atom. The molecule has 0 spiro atoms. The Labute approximate surface area is 187 Å². The summed E-state index contributed by atoms with van der Waals surface area (Å²) in [5.41, 5.74) is 1.49. The normalized spacial score (nSPS) is 11.1. The summed E-state index contributed by atoms with van der Waals surface area (Å²) in [6, 6.07) is 12.7. The van der Waals surface area contributed by atoms with E-state index in [1.807, 2.05) is 41.8 Å². The molecule has 0 unspecified atom stereocenters. The van der Waals surface area contributed by atoms with Crippen molar-refractivity contribution in [1.29, 1.82) is 0 Å². The quantitative estimate of drug-likeness (QED) is 0.330. The third-order valence-corrected chi connectivity index (χ3v) is 5.85. The Balaban J connectivity index is 1.56. The highest BCUT2D eigenvalue weighted by Gasteiger charge is 2.18. The van der Waals surface area contributed by atoms with Gasteiger partial charge < -0.3 is 13.7 Å². The van der Waals surface area contributed by atoms with Crippen LogP contribution in [0, 0.1) is 0 Å². The van der Waals surface area contributed by atoms with Crippen LogP contribution in [0.3, 0.4) is 0 Å². The number of aromatic nitrogens is 5. The third-order valence-electron chi connectivity index (χ3n) is 4.33. The Bertz CT molecular complexity index is 1180. The summed E-state index contributed by atoms with van der Waals surface area (Å²) in [5, 5.41) is 18.8. The molecule has 0 saturated heterocycles. The van der Waals surface area contributed by atoms with E-state index in [2.05, 4.69) is 20.4 Å². The summed E-state index contributed by atoms with van der Waals surface area (Å²) in [7, 11) is 1.61. The van der Waals surface area contributed by atoms with Crippen LogP contribution in [0.1, 0.15) is 12.8 Å². The molecule has 0 aliphatic carbocycles. The van der Waals surface area contributed by atoms with E-state index >= 15 is 0 Å². The van der Waals surface area contributed by atoms with Crippen LogP contribution in [-0.4, -0.2) is 32.1 Å². The SMILES string of the molecule is CCn1c(SCc2nnc(-c3ccccc3Cl)o2)nnc1-c1cc(Cl)ccc1OC. The van der Waals surface area contributed by atoms with Gasteiger partial charge in [-0.15, -0.1) is 20.4 Å². The molecule has 0 amide bonds. The van der Waals surface area contributed by atoms with Gasteiger partial charge in [0.05, 0.1) is 29.0 Å². The van der Waals surface area contributed by atoms with Crippen LogP contribution in [-0.2, 0) is 12.3 Å². The molecule has 0 atom stereocenters. The molecular weight excluding hydrogens is 445 g/mol. The highest BCUT2D eigenvalue weighted by Crippen LogP contribution is 2.34. The maximum Gasteiger partial charge on any atom is 0.249 e. The first-order valence-corrected chi connectivity index (χ1v) is 10.8. The number of methoxy groups -OCH3 is 1. The van der Waals surface area contributed by atoms with Crippen LogP contribution >= 0.6 is 35.0 Å². The smallest absolute Gasteiger partial charge is 0.249 e. The number of hydrogen-bond acceptors (Lipinski definition) is 7. The van der Waals surface area contributed by atoms with Crippen LogP contribution < -0.4 is 4.74 Å². The third kappa shape index (κ3) is 4.16. The highest BCUT2D eigenvalue weighted by molar-refractivity contribution is 7.98. The maximum atomic E-state index is 6.20. The average molecular weight is 462 g/mol.